The number of hydrogen-bond donors (Lipinski definition) is 0. The van der Waals surface area contributed by atoms with Crippen LogP contribution in [0.1, 0.15) is 44.1 Å². The van der Waals surface area contributed by atoms with Crippen molar-refractivity contribution in [3.05, 3.63) is 11.5 Å². The molecule has 24 heavy (non-hydrogen) atoms. The molecule has 0 N–H and O–H groups in total. The minimum Gasteiger partial charge on any atom is -0.360 e. The fraction of sp³-hybridized carbons (Fsp3) is 0.750. The van der Waals surface area contributed by atoms with Crippen molar-refractivity contribution in [3.63, 3.8) is 0 Å². The molecule has 0 aromatic carbocycles. The lowest BCUT2D eigenvalue weighted by atomic mass is 9.78. The van der Waals surface area contributed by atoms with Crippen LogP contribution in [0.15, 0.2) is 9.42 Å². The first-order valence-electron chi connectivity index (χ1n) is 8.54. The van der Waals surface area contributed by atoms with Crippen molar-refractivity contribution in [1.82, 2.24) is 14.4 Å². The number of piperidine rings is 1. The lowest BCUT2D eigenvalue weighted by Gasteiger charge is -2.39. The third kappa shape index (κ3) is 2.65. The van der Waals surface area contributed by atoms with E-state index < -0.39 is 15.4 Å². The lowest BCUT2D eigenvalue weighted by Crippen LogP contribution is -2.50. The van der Waals surface area contributed by atoms with Crippen LogP contribution in [0.3, 0.4) is 0 Å². The van der Waals surface area contributed by atoms with Gasteiger partial charge in [0.15, 0.2) is 5.76 Å². The summed E-state index contributed by atoms with van der Waals surface area (Å²) in [7, 11) is -3.68. The molecule has 2 saturated heterocycles. The Morgan fingerprint density at radius 3 is 2.62 bits per heavy atom. The van der Waals surface area contributed by atoms with Gasteiger partial charge in [-0.2, -0.15) is 4.31 Å². The first-order chi connectivity index (χ1) is 11.3. The standard InChI is InChI=1S/C16H25N3O4S/c1-4-8-18-9-5-6-16(15(18)20)7-10-19(11-16)24(21,22)14-12(2)17-23-13(14)3/h4-11H2,1-3H3/t16-/m1/s1. The molecule has 2 aliphatic heterocycles. The number of sulfonamides is 1. The highest BCUT2D eigenvalue weighted by Gasteiger charge is 2.51. The Labute approximate surface area is 143 Å². The largest absolute Gasteiger partial charge is 0.360 e. The average molecular weight is 355 g/mol. The van der Waals surface area contributed by atoms with Crippen LogP contribution < -0.4 is 0 Å². The Morgan fingerprint density at radius 2 is 2.00 bits per heavy atom. The highest BCUT2D eigenvalue weighted by molar-refractivity contribution is 7.89. The van der Waals surface area contributed by atoms with E-state index >= 15 is 0 Å². The number of nitrogens with zero attached hydrogens (tertiary/aromatic N) is 3. The number of aryl methyl sites for hydroxylation is 2. The van der Waals surface area contributed by atoms with Gasteiger partial charge in [-0.25, -0.2) is 8.42 Å². The molecule has 3 heterocycles. The molecule has 1 atom stereocenters. The lowest BCUT2D eigenvalue weighted by molar-refractivity contribution is -0.145. The zero-order chi connectivity index (χ0) is 17.5. The Kier molecular flexibility index (Phi) is 4.46. The van der Waals surface area contributed by atoms with Gasteiger partial charge in [-0.15, -0.1) is 0 Å². The highest BCUT2D eigenvalue weighted by atomic mass is 32.2. The summed E-state index contributed by atoms with van der Waals surface area (Å²) in [6.45, 7) is 7.45. The summed E-state index contributed by atoms with van der Waals surface area (Å²) in [5.74, 6) is 0.420. The third-order valence-electron chi connectivity index (χ3n) is 5.20. The molecule has 134 valence electrons. The van der Waals surface area contributed by atoms with Gasteiger partial charge in [0, 0.05) is 26.2 Å². The molecule has 3 rings (SSSR count). The molecule has 1 amide bonds. The van der Waals surface area contributed by atoms with E-state index in [0.717, 1.165) is 32.4 Å². The maximum atomic E-state index is 13.0. The first-order valence-corrected chi connectivity index (χ1v) is 9.98. The SMILES string of the molecule is CCCN1CCC[C@]2(CCN(S(=O)(=O)c3c(C)noc3C)C2)C1=O. The van der Waals surface area contributed by atoms with Crippen LogP contribution >= 0.6 is 0 Å². The van der Waals surface area contributed by atoms with Gasteiger partial charge in [-0.3, -0.25) is 4.79 Å². The number of carbonyl (C=O) groups excluding carboxylic acids is 1. The number of carbonyl (C=O) groups is 1. The van der Waals surface area contributed by atoms with Gasteiger partial charge < -0.3 is 9.42 Å². The van der Waals surface area contributed by atoms with E-state index in [1.807, 2.05) is 4.90 Å². The van der Waals surface area contributed by atoms with Crippen LogP contribution in [-0.2, 0) is 14.8 Å². The van der Waals surface area contributed by atoms with Crippen molar-refractivity contribution in [3.8, 4) is 0 Å². The summed E-state index contributed by atoms with van der Waals surface area (Å²) < 4.78 is 32.4. The molecule has 0 radical (unpaired) electrons. The molecular formula is C16H25N3O4S. The van der Waals surface area contributed by atoms with Gasteiger partial charge in [-0.05, 0) is 39.5 Å². The molecule has 8 heteroatoms. The first kappa shape index (κ1) is 17.4. The number of amides is 1. The molecule has 7 nitrogen and oxygen atoms in total. The Bertz CT molecular complexity index is 721. The van der Waals surface area contributed by atoms with Crippen molar-refractivity contribution in [1.29, 1.82) is 0 Å². The molecule has 0 unspecified atom stereocenters. The van der Waals surface area contributed by atoms with Gasteiger partial charge >= 0.3 is 0 Å². The Balaban J connectivity index is 1.86. The van der Waals surface area contributed by atoms with Crippen LogP contribution in [0.25, 0.3) is 0 Å². The van der Waals surface area contributed by atoms with E-state index in [1.165, 1.54) is 4.31 Å². The van der Waals surface area contributed by atoms with E-state index in [4.69, 9.17) is 4.52 Å². The second-order valence-electron chi connectivity index (χ2n) is 6.92. The zero-order valence-electron chi connectivity index (χ0n) is 14.5. The quantitative estimate of drug-likeness (QED) is 0.821. The minimum absolute atomic E-state index is 0.118. The molecule has 0 aliphatic carbocycles. The molecule has 0 saturated carbocycles. The van der Waals surface area contributed by atoms with Gasteiger partial charge in [0.05, 0.1) is 5.41 Å². The molecule has 2 fully saturated rings. The predicted molar refractivity (Wildman–Crippen MR) is 87.9 cm³/mol. The second-order valence-corrected chi connectivity index (χ2v) is 8.79. The summed E-state index contributed by atoms with van der Waals surface area (Å²) in [6, 6.07) is 0. The minimum atomic E-state index is -3.68. The maximum Gasteiger partial charge on any atom is 0.248 e. The molecule has 1 aromatic rings. The smallest absolute Gasteiger partial charge is 0.248 e. The van der Waals surface area contributed by atoms with E-state index in [-0.39, 0.29) is 17.3 Å². The van der Waals surface area contributed by atoms with E-state index in [9.17, 15) is 13.2 Å². The fourth-order valence-electron chi connectivity index (χ4n) is 4.03. The van der Waals surface area contributed by atoms with Crippen LogP contribution in [0.4, 0.5) is 0 Å². The highest BCUT2D eigenvalue weighted by Crippen LogP contribution is 2.42. The van der Waals surface area contributed by atoms with Crippen molar-refractivity contribution in [2.75, 3.05) is 26.2 Å². The van der Waals surface area contributed by atoms with E-state index in [0.29, 0.717) is 24.4 Å². The van der Waals surface area contributed by atoms with E-state index in [2.05, 4.69) is 12.1 Å². The monoisotopic (exact) mass is 355 g/mol. The van der Waals surface area contributed by atoms with Gasteiger partial charge in [0.2, 0.25) is 15.9 Å². The van der Waals surface area contributed by atoms with Crippen molar-refractivity contribution >= 4 is 15.9 Å². The van der Waals surface area contributed by atoms with Crippen LogP contribution in [0.5, 0.6) is 0 Å². The van der Waals surface area contributed by atoms with Crippen LogP contribution in [-0.4, -0.2) is 54.9 Å². The summed E-state index contributed by atoms with van der Waals surface area (Å²) in [5, 5.41) is 3.75. The number of aromatic nitrogens is 1. The van der Waals surface area contributed by atoms with Crippen LogP contribution in [0.2, 0.25) is 0 Å². The fourth-order valence-corrected chi connectivity index (χ4v) is 5.84. The molecule has 0 bridgehead atoms. The van der Waals surface area contributed by atoms with Gasteiger partial charge in [-0.1, -0.05) is 12.1 Å². The number of rotatable bonds is 4. The summed E-state index contributed by atoms with van der Waals surface area (Å²) in [5.41, 5.74) is -0.185. The molecule has 1 aromatic heterocycles. The maximum absolute atomic E-state index is 13.0. The van der Waals surface area contributed by atoms with Crippen molar-refractivity contribution in [2.24, 2.45) is 5.41 Å². The normalized spacial score (nSPS) is 25.8. The van der Waals surface area contributed by atoms with Crippen LogP contribution in [0, 0.1) is 19.3 Å². The second kappa shape index (κ2) is 6.15. The summed E-state index contributed by atoms with van der Waals surface area (Å²) in [4.78, 5) is 15.0. The number of hydrogen-bond acceptors (Lipinski definition) is 5. The Morgan fingerprint density at radius 1 is 1.25 bits per heavy atom. The van der Waals surface area contributed by atoms with Gasteiger partial charge in [0.1, 0.15) is 10.6 Å². The molecule has 2 aliphatic rings. The molecule has 1 spiro atoms. The van der Waals surface area contributed by atoms with Gasteiger partial charge in [0.25, 0.3) is 0 Å². The number of likely N-dealkylation sites (tertiary alicyclic amines) is 1. The summed E-state index contributed by atoms with van der Waals surface area (Å²) >= 11 is 0. The zero-order valence-corrected chi connectivity index (χ0v) is 15.4. The third-order valence-corrected chi connectivity index (χ3v) is 7.29. The average Bonchev–Trinajstić information content (AvgIpc) is 3.10. The topological polar surface area (TPSA) is 83.7 Å². The van der Waals surface area contributed by atoms with Crippen molar-refractivity contribution < 1.29 is 17.7 Å². The molecular weight excluding hydrogens is 330 g/mol. The summed E-state index contributed by atoms with van der Waals surface area (Å²) in [6.07, 6.45) is 3.21. The van der Waals surface area contributed by atoms with Crippen molar-refractivity contribution in [2.45, 2.75) is 51.3 Å². The Hall–Kier alpha value is -1.41. The predicted octanol–water partition coefficient (Wildman–Crippen LogP) is 1.70. The van der Waals surface area contributed by atoms with E-state index in [1.54, 1.807) is 13.8 Å².